The number of hydrogen-bond acceptors (Lipinski definition) is 3. The minimum absolute atomic E-state index is 0.349. The van der Waals surface area contributed by atoms with E-state index in [1.54, 1.807) is 12.1 Å². The van der Waals surface area contributed by atoms with Crippen molar-refractivity contribution in [2.75, 3.05) is 24.5 Å². The zero-order chi connectivity index (χ0) is 13.7. The summed E-state index contributed by atoms with van der Waals surface area (Å²) in [7, 11) is 0. The number of carbonyl (C=O) groups is 1. The molecule has 4 nitrogen and oxygen atoms in total. The molecule has 2 rings (SSSR count). The van der Waals surface area contributed by atoms with Crippen molar-refractivity contribution in [1.29, 1.82) is 0 Å². The summed E-state index contributed by atoms with van der Waals surface area (Å²) in [6.45, 7) is 5.20. The lowest BCUT2D eigenvalue weighted by atomic mass is 10.1. The zero-order valence-corrected chi connectivity index (χ0v) is 11.4. The fraction of sp³-hybridized carbons (Fsp3) is 0.533. The lowest BCUT2D eigenvalue weighted by Gasteiger charge is -2.35. The number of aromatic carboxylic acids is 1. The highest BCUT2D eigenvalue weighted by molar-refractivity contribution is 5.88. The van der Waals surface area contributed by atoms with Crippen LogP contribution in [-0.2, 0) is 0 Å². The lowest BCUT2D eigenvalue weighted by Crippen LogP contribution is -2.50. The predicted octanol–water partition coefficient (Wildman–Crippen LogP) is 2.35. The van der Waals surface area contributed by atoms with Crippen LogP contribution in [0.15, 0.2) is 24.3 Å². The Kier molecular flexibility index (Phi) is 4.80. The molecule has 104 valence electrons. The number of unbranched alkanes of at least 4 members (excludes halogenated alkanes) is 1. The Morgan fingerprint density at radius 3 is 2.79 bits per heavy atom. The van der Waals surface area contributed by atoms with Crippen molar-refractivity contribution in [1.82, 2.24) is 5.32 Å². The fourth-order valence-corrected chi connectivity index (χ4v) is 2.52. The number of hydrogen-bond donors (Lipinski definition) is 2. The SMILES string of the molecule is CCCCC1CN(c2ccc(C(=O)O)cc2)CCN1. The van der Waals surface area contributed by atoms with Gasteiger partial charge in [0.05, 0.1) is 5.56 Å². The second-order valence-electron chi connectivity index (χ2n) is 5.09. The minimum atomic E-state index is -0.868. The summed E-state index contributed by atoms with van der Waals surface area (Å²) in [5, 5.41) is 12.4. The van der Waals surface area contributed by atoms with Crippen LogP contribution in [0.5, 0.6) is 0 Å². The first-order valence-corrected chi connectivity index (χ1v) is 7.02. The third kappa shape index (κ3) is 3.70. The molecular weight excluding hydrogens is 240 g/mol. The third-order valence-corrected chi connectivity index (χ3v) is 3.64. The summed E-state index contributed by atoms with van der Waals surface area (Å²) in [4.78, 5) is 13.2. The van der Waals surface area contributed by atoms with Crippen molar-refractivity contribution in [2.24, 2.45) is 0 Å². The Bertz CT molecular complexity index is 417. The van der Waals surface area contributed by atoms with Gasteiger partial charge in [-0.3, -0.25) is 0 Å². The zero-order valence-electron chi connectivity index (χ0n) is 11.4. The molecule has 0 aromatic heterocycles. The molecule has 4 heteroatoms. The van der Waals surface area contributed by atoms with Crippen molar-refractivity contribution < 1.29 is 9.90 Å². The number of anilines is 1. The summed E-state index contributed by atoms with van der Waals surface area (Å²) >= 11 is 0. The Morgan fingerprint density at radius 1 is 1.42 bits per heavy atom. The topological polar surface area (TPSA) is 52.6 Å². The maximum atomic E-state index is 10.8. The number of nitrogens with one attached hydrogen (secondary N) is 1. The number of nitrogens with zero attached hydrogens (tertiary/aromatic N) is 1. The van der Waals surface area contributed by atoms with Crippen LogP contribution in [0.4, 0.5) is 5.69 Å². The predicted molar refractivity (Wildman–Crippen MR) is 76.9 cm³/mol. The van der Waals surface area contributed by atoms with Crippen LogP contribution in [0.3, 0.4) is 0 Å². The van der Waals surface area contributed by atoms with E-state index in [-0.39, 0.29) is 0 Å². The van der Waals surface area contributed by atoms with Crippen LogP contribution in [0, 0.1) is 0 Å². The van der Waals surface area contributed by atoms with Gasteiger partial charge in [-0.1, -0.05) is 19.8 Å². The van der Waals surface area contributed by atoms with E-state index in [2.05, 4.69) is 17.1 Å². The number of piperazine rings is 1. The molecule has 1 aliphatic rings. The maximum absolute atomic E-state index is 10.8. The molecule has 0 aliphatic carbocycles. The van der Waals surface area contributed by atoms with Gasteiger partial charge in [-0.2, -0.15) is 0 Å². The molecule has 1 heterocycles. The van der Waals surface area contributed by atoms with Gasteiger partial charge in [0.15, 0.2) is 0 Å². The van der Waals surface area contributed by atoms with E-state index in [0.29, 0.717) is 11.6 Å². The van der Waals surface area contributed by atoms with Crippen LogP contribution in [0.1, 0.15) is 36.5 Å². The van der Waals surface area contributed by atoms with Crippen LogP contribution < -0.4 is 10.2 Å². The van der Waals surface area contributed by atoms with Crippen molar-refractivity contribution in [3.63, 3.8) is 0 Å². The van der Waals surface area contributed by atoms with Crippen LogP contribution in [0.2, 0.25) is 0 Å². The minimum Gasteiger partial charge on any atom is -0.478 e. The summed E-state index contributed by atoms with van der Waals surface area (Å²) < 4.78 is 0. The highest BCUT2D eigenvalue weighted by Gasteiger charge is 2.19. The lowest BCUT2D eigenvalue weighted by molar-refractivity contribution is 0.0697. The Morgan fingerprint density at radius 2 is 2.16 bits per heavy atom. The quantitative estimate of drug-likeness (QED) is 0.855. The monoisotopic (exact) mass is 262 g/mol. The highest BCUT2D eigenvalue weighted by Crippen LogP contribution is 2.18. The first kappa shape index (κ1) is 13.9. The molecule has 1 aromatic rings. The molecule has 1 saturated heterocycles. The van der Waals surface area contributed by atoms with E-state index in [9.17, 15) is 4.79 Å². The molecule has 1 atom stereocenters. The van der Waals surface area contributed by atoms with Crippen molar-refractivity contribution in [2.45, 2.75) is 32.2 Å². The first-order chi connectivity index (χ1) is 9.20. The molecule has 1 aromatic carbocycles. The molecule has 0 saturated carbocycles. The Hall–Kier alpha value is -1.55. The van der Waals surface area contributed by atoms with Crippen LogP contribution in [0.25, 0.3) is 0 Å². The van der Waals surface area contributed by atoms with E-state index in [1.807, 2.05) is 12.1 Å². The van der Waals surface area contributed by atoms with E-state index in [1.165, 1.54) is 19.3 Å². The average molecular weight is 262 g/mol. The van der Waals surface area contributed by atoms with Gasteiger partial charge in [0.2, 0.25) is 0 Å². The van der Waals surface area contributed by atoms with Crippen LogP contribution in [-0.4, -0.2) is 36.8 Å². The summed E-state index contributed by atoms with van der Waals surface area (Å²) in [5.41, 5.74) is 1.47. The molecule has 1 fully saturated rings. The Labute approximate surface area is 114 Å². The largest absolute Gasteiger partial charge is 0.478 e. The smallest absolute Gasteiger partial charge is 0.335 e. The number of carboxylic acid groups (broad SMARTS) is 1. The highest BCUT2D eigenvalue weighted by atomic mass is 16.4. The van der Waals surface area contributed by atoms with Gasteiger partial charge in [0, 0.05) is 31.4 Å². The van der Waals surface area contributed by atoms with E-state index in [4.69, 9.17) is 5.11 Å². The maximum Gasteiger partial charge on any atom is 0.335 e. The van der Waals surface area contributed by atoms with Crippen molar-refractivity contribution in [3.8, 4) is 0 Å². The van der Waals surface area contributed by atoms with Crippen molar-refractivity contribution >= 4 is 11.7 Å². The van der Waals surface area contributed by atoms with Crippen molar-refractivity contribution in [3.05, 3.63) is 29.8 Å². The molecular formula is C15H22N2O2. The number of rotatable bonds is 5. The van der Waals surface area contributed by atoms with Gasteiger partial charge < -0.3 is 15.3 Å². The molecule has 2 N–H and O–H groups in total. The standard InChI is InChI=1S/C15H22N2O2/c1-2-3-4-13-11-17(10-9-16-13)14-7-5-12(6-8-14)15(18)19/h5-8,13,16H,2-4,9-11H2,1H3,(H,18,19). The average Bonchev–Trinajstić information content (AvgIpc) is 2.45. The molecule has 1 aliphatic heterocycles. The molecule has 0 radical (unpaired) electrons. The van der Waals surface area contributed by atoms with Gasteiger partial charge in [-0.15, -0.1) is 0 Å². The molecule has 1 unspecified atom stereocenters. The van der Waals surface area contributed by atoms with E-state index >= 15 is 0 Å². The molecule has 19 heavy (non-hydrogen) atoms. The van der Waals surface area contributed by atoms with Crippen LogP contribution >= 0.6 is 0 Å². The van der Waals surface area contributed by atoms with Gasteiger partial charge in [-0.25, -0.2) is 4.79 Å². The molecule has 0 spiro atoms. The normalized spacial score (nSPS) is 19.4. The Balaban J connectivity index is 1.98. The third-order valence-electron chi connectivity index (χ3n) is 3.64. The first-order valence-electron chi connectivity index (χ1n) is 7.02. The summed E-state index contributed by atoms with van der Waals surface area (Å²) in [6, 6.07) is 7.73. The number of benzene rings is 1. The summed E-state index contributed by atoms with van der Waals surface area (Å²) in [6.07, 6.45) is 3.69. The van der Waals surface area contributed by atoms with Gasteiger partial charge in [0.1, 0.15) is 0 Å². The van der Waals surface area contributed by atoms with Gasteiger partial charge in [0.25, 0.3) is 0 Å². The van der Waals surface area contributed by atoms with E-state index in [0.717, 1.165) is 25.3 Å². The number of carboxylic acids is 1. The van der Waals surface area contributed by atoms with E-state index < -0.39 is 5.97 Å². The molecule has 0 amide bonds. The second kappa shape index (κ2) is 6.57. The fourth-order valence-electron chi connectivity index (χ4n) is 2.52. The molecule has 0 bridgehead atoms. The van der Waals surface area contributed by atoms with Gasteiger partial charge in [-0.05, 0) is 30.7 Å². The second-order valence-corrected chi connectivity index (χ2v) is 5.09. The van der Waals surface area contributed by atoms with Gasteiger partial charge >= 0.3 is 5.97 Å². The summed E-state index contributed by atoms with van der Waals surface area (Å²) in [5.74, 6) is -0.868.